The number of carbonyl (C=O) groups is 2. The number of Topliss-reactive ketones (excluding diaryl/α,β-unsaturated/α-hetero) is 1. The van der Waals surface area contributed by atoms with E-state index in [-0.39, 0.29) is 10.6 Å². The molecule has 0 aliphatic rings. The molecule has 124 valence electrons. The fourth-order valence-electron chi connectivity index (χ4n) is 1.89. The summed E-state index contributed by atoms with van der Waals surface area (Å²) in [7, 11) is 1.56. The molecule has 2 aromatic carbocycles. The number of ketones is 1. The first-order valence-electron chi connectivity index (χ1n) is 6.97. The third-order valence-electron chi connectivity index (χ3n) is 3.08. The van der Waals surface area contributed by atoms with Gasteiger partial charge in [0.2, 0.25) is 5.78 Å². The van der Waals surface area contributed by atoms with E-state index in [1.807, 2.05) is 6.07 Å². The monoisotopic (exact) mass is 364 g/mol. The number of rotatable bonds is 6. The molecule has 0 aliphatic heterocycles. The van der Waals surface area contributed by atoms with Gasteiger partial charge in [-0.1, -0.05) is 35.3 Å². The highest BCUT2D eigenvalue weighted by atomic mass is 35.5. The third kappa shape index (κ3) is 5.11. The molecule has 0 fully saturated rings. The number of ether oxygens (including phenoxy) is 2. The fourth-order valence-corrected chi connectivity index (χ4v) is 2.40. The quantitative estimate of drug-likeness (QED) is 0.431. The van der Waals surface area contributed by atoms with E-state index in [0.29, 0.717) is 10.8 Å². The molecule has 2 aromatic rings. The molecule has 4 nitrogen and oxygen atoms in total. The van der Waals surface area contributed by atoms with Crippen LogP contribution >= 0.6 is 23.2 Å². The van der Waals surface area contributed by atoms with Gasteiger partial charge in [0.15, 0.2) is 6.61 Å². The van der Waals surface area contributed by atoms with Gasteiger partial charge in [0.25, 0.3) is 0 Å². The highest BCUT2D eigenvalue weighted by Gasteiger charge is 2.12. The number of carbonyl (C=O) groups excluding carboxylic acids is 2. The zero-order valence-corrected chi connectivity index (χ0v) is 14.3. The molecule has 0 saturated heterocycles. The van der Waals surface area contributed by atoms with E-state index in [2.05, 4.69) is 0 Å². The summed E-state index contributed by atoms with van der Waals surface area (Å²) in [5.74, 6) is -0.353. The Morgan fingerprint density at radius 1 is 1.12 bits per heavy atom. The second-order valence-electron chi connectivity index (χ2n) is 4.77. The molecule has 24 heavy (non-hydrogen) atoms. The van der Waals surface area contributed by atoms with Gasteiger partial charge in [-0.05, 0) is 42.0 Å². The van der Waals surface area contributed by atoms with Crippen LogP contribution in [0, 0.1) is 0 Å². The van der Waals surface area contributed by atoms with Crippen LogP contribution < -0.4 is 4.74 Å². The first-order valence-corrected chi connectivity index (χ1v) is 7.72. The molecule has 0 atom stereocenters. The average Bonchev–Trinajstić information content (AvgIpc) is 2.58. The minimum Gasteiger partial charge on any atom is -0.497 e. The Kier molecular flexibility index (Phi) is 6.41. The van der Waals surface area contributed by atoms with Gasteiger partial charge in [-0.2, -0.15) is 0 Å². The third-order valence-corrected chi connectivity index (χ3v) is 3.63. The van der Waals surface area contributed by atoms with Crippen molar-refractivity contribution in [3.05, 3.63) is 69.7 Å². The molecule has 0 saturated carbocycles. The summed E-state index contributed by atoms with van der Waals surface area (Å²) < 4.78 is 10.0. The molecule has 0 aliphatic carbocycles. The van der Waals surface area contributed by atoms with E-state index in [9.17, 15) is 9.59 Å². The van der Waals surface area contributed by atoms with Crippen molar-refractivity contribution in [2.45, 2.75) is 0 Å². The topological polar surface area (TPSA) is 52.6 Å². The van der Waals surface area contributed by atoms with Crippen LogP contribution in [-0.2, 0) is 9.53 Å². The highest BCUT2D eigenvalue weighted by Crippen LogP contribution is 2.21. The van der Waals surface area contributed by atoms with Crippen molar-refractivity contribution in [3.63, 3.8) is 0 Å². The van der Waals surface area contributed by atoms with E-state index in [1.54, 1.807) is 37.5 Å². The molecular formula is C18H14Cl2O4. The van der Waals surface area contributed by atoms with Gasteiger partial charge in [-0.15, -0.1) is 0 Å². The second kappa shape index (κ2) is 8.52. The largest absolute Gasteiger partial charge is 0.497 e. The SMILES string of the molecule is COc1cccc(/C=C/C(=O)OCC(=O)c2ccc(Cl)cc2Cl)c1. The lowest BCUT2D eigenvalue weighted by Gasteiger charge is -2.04. The lowest BCUT2D eigenvalue weighted by Crippen LogP contribution is -2.13. The number of benzene rings is 2. The lowest BCUT2D eigenvalue weighted by atomic mass is 10.1. The number of halogens is 2. The van der Waals surface area contributed by atoms with Gasteiger partial charge >= 0.3 is 5.97 Å². The van der Waals surface area contributed by atoms with Crippen LogP contribution in [0.3, 0.4) is 0 Å². The van der Waals surface area contributed by atoms with Crippen molar-refractivity contribution in [2.24, 2.45) is 0 Å². The van der Waals surface area contributed by atoms with E-state index in [0.717, 1.165) is 5.56 Å². The standard InChI is InChI=1S/C18H14Cl2O4/c1-23-14-4-2-3-12(9-14)5-8-18(22)24-11-17(21)15-7-6-13(19)10-16(15)20/h2-10H,11H2,1H3/b8-5+. The molecule has 0 bridgehead atoms. The summed E-state index contributed by atoms with van der Waals surface area (Å²) in [6, 6.07) is 11.7. The van der Waals surface area contributed by atoms with Crippen LogP contribution in [0.2, 0.25) is 10.0 Å². The van der Waals surface area contributed by atoms with Crippen molar-refractivity contribution in [2.75, 3.05) is 13.7 Å². The van der Waals surface area contributed by atoms with Crippen molar-refractivity contribution in [3.8, 4) is 5.75 Å². The summed E-state index contributed by atoms with van der Waals surface area (Å²) in [6.45, 7) is -0.400. The van der Waals surface area contributed by atoms with Crippen LogP contribution in [0.25, 0.3) is 6.08 Å². The zero-order valence-electron chi connectivity index (χ0n) is 12.8. The molecular weight excluding hydrogens is 351 g/mol. The molecule has 0 radical (unpaired) electrons. The summed E-state index contributed by atoms with van der Waals surface area (Å²) >= 11 is 11.7. The Labute approximate surface area is 149 Å². The van der Waals surface area contributed by atoms with Gasteiger partial charge < -0.3 is 9.47 Å². The Balaban J connectivity index is 1.92. The van der Waals surface area contributed by atoms with Gasteiger partial charge in [0.05, 0.1) is 12.1 Å². The molecule has 2 rings (SSSR count). The van der Waals surface area contributed by atoms with Gasteiger partial charge in [-0.25, -0.2) is 4.79 Å². The number of hydrogen-bond donors (Lipinski definition) is 0. The first kappa shape index (κ1) is 18.0. The highest BCUT2D eigenvalue weighted by molar-refractivity contribution is 6.36. The second-order valence-corrected chi connectivity index (χ2v) is 5.61. The van der Waals surface area contributed by atoms with Crippen molar-refractivity contribution >= 4 is 41.0 Å². The van der Waals surface area contributed by atoms with E-state index >= 15 is 0 Å². The molecule has 6 heteroatoms. The Morgan fingerprint density at radius 2 is 1.92 bits per heavy atom. The minimum atomic E-state index is -0.628. The predicted molar refractivity (Wildman–Crippen MR) is 93.8 cm³/mol. The Hall–Kier alpha value is -2.30. The molecule has 0 unspecified atom stereocenters. The normalized spacial score (nSPS) is 10.6. The first-order chi connectivity index (χ1) is 11.5. The van der Waals surface area contributed by atoms with Gasteiger partial charge in [-0.3, -0.25) is 4.79 Å². The molecule has 0 aromatic heterocycles. The van der Waals surface area contributed by atoms with Crippen molar-refractivity contribution < 1.29 is 19.1 Å². The predicted octanol–water partition coefficient (Wildman–Crippen LogP) is 4.44. The number of hydrogen-bond acceptors (Lipinski definition) is 4. The van der Waals surface area contributed by atoms with Gasteiger partial charge in [0.1, 0.15) is 5.75 Å². The summed E-state index contributed by atoms with van der Waals surface area (Å²) in [5.41, 5.74) is 1.03. The smallest absolute Gasteiger partial charge is 0.331 e. The number of methoxy groups -OCH3 is 1. The molecule has 0 heterocycles. The van der Waals surface area contributed by atoms with Crippen LogP contribution in [0.1, 0.15) is 15.9 Å². The maximum atomic E-state index is 12.0. The van der Waals surface area contributed by atoms with Crippen LogP contribution in [0.15, 0.2) is 48.5 Å². The van der Waals surface area contributed by atoms with E-state index in [4.69, 9.17) is 32.7 Å². The summed E-state index contributed by atoms with van der Waals surface area (Å²) in [5, 5.41) is 0.644. The summed E-state index contributed by atoms with van der Waals surface area (Å²) in [6.07, 6.45) is 2.82. The number of esters is 1. The maximum Gasteiger partial charge on any atom is 0.331 e. The molecule has 0 N–H and O–H groups in total. The lowest BCUT2D eigenvalue weighted by molar-refractivity contribution is -0.136. The molecule has 0 amide bonds. The van der Waals surface area contributed by atoms with Crippen molar-refractivity contribution in [1.29, 1.82) is 0 Å². The Bertz CT molecular complexity index is 784. The van der Waals surface area contributed by atoms with Crippen LogP contribution in [0.4, 0.5) is 0 Å². The average molecular weight is 365 g/mol. The summed E-state index contributed by atoms with van der Waals surface area (Å²) in [4.78, 5) is 23.7. The Morgan fingerprint density at radius 3 is 2.62 bits per heavy atom. The minimum absolute atomic E-state index is 0.218. The van der Waals surface area contributed by atoms with Crippen molar-refractivity contribution in [1.82, 2.24) is 0 Å². The fraction of sp³-hybridized carbons (Fsp3) is 0.111. The molecule has 0 spiro atoms. The zero-order chi connectivity index (χ0) is 17.5. The van der Waals surface area contributed by atoms with Crippen LogP contribution in [0.5, 0.6) is 5.75 Å². The maximum absolute atomic E-state index is 12.0. The van der Waals surface area contributed by atoms with Crippen LogP contribution in [-0.4, -0.2) is 25.5 Å². The van der Waals surface area contributed by atoms with E-state index in [1.165, 1.54) is 18.2 Å². The van der Waals surface area contributed by atoms with E-state index < -0.39 is 18.4 Å². The van der Waals surface area contributed by atoms with Gasteiger partial charge in [0, 0.05) is 16.7 Å².